The summed E-state index contributed by atoms with van der Waals surface area (Å²) in [5, 5.41) is 0.900. The summed E-state index contributed by atoms with van der Waals surface area (Å²) in [6.07, 6.45) is 0.444. The SMILES string of the molecule is CCOC(=O)Oc1c(C)c2c(=O)[nH]cnc2n1-c1ccc(Cl)cc1. The summed E-state index contributed by atoms with van der Waals surface area (Å²) >= 11 is 5.93. The van der Waals surface area contributed by atoms with Crippen LogP contribution in [0.1, 0.15) is 12.5 Å². The number of rotatable bonds is 3. The van der Waals surface area contributed by atoms with Crippen LogP contribution in [-0.2, 0) is 4.74 Å². The largest absolute Gasteiger partial charge is 0.515 e. The minimum absolute atomic E-state index is 0.176. The smallest absolute Gasteiger partial charge is 0.434 e. The van der Waals surface area contributed by atoms with Gasteiger partial charge in [0.2, 0.25) is 5.88 Å². The predicted molar refractivity (Wildman–Crippen MR) is 89.1 cm³/mol. The molecule has 0 saturated carbocycles. The lowest BCUT2D eigenvalue weighted by molar-refractivity contribution is 0.102. The molecule has 1 aromatic carbocycles. The molecule has 0 aliphatic rings. The number of H-pyrrole nitrogens is 1. The highest BCUT2D eigenvalue weighted by Gasteiger charge is 2.23. The maximum absolute atomic E-state index is 12.2. The number of nitrogens with one attached hydrogen (secondary N) is 1. The van der Waals surface area contributed by atoms with E-state index >= 15 is 0 Å². The summed E-state index contributed by atoms with van der Waals surface area (Å²) in [7, 11) is 0. The Morgan fingerprint density at radius 1 is 1.33 bits per heavy atom. The molecule has 0 atom stereocenters. The van der Waals surface area contributed by atoms with E-state index in [1.807, 2.05) is 0 Å². The van der Waals surface area contributed by atoms with Crippen LogP contribution in [0.5, 0.6) is 5.88 Å². The monoisotopic (exact) mass is 347 g/mol. The third-order valence-electron chi connectivity index (χ3n) is 3.47. The predicted octanol–water partition coefficient (Wildman–Crippen LogP) is 3.21. The van der Waals surface area contributed by atoms with Crippen molar-refractivity contribution in [3.8, 4) is 11.6 Å². The minimum Gasteiger partial charge on any atom is -0.434 e. The number of aryl methyl sites for hydroxylation is 1. The number of halogens is 1. The van der Waals surface area contributed by atoms with Gasteiger partial charge >= 0.3 is 6.16 Å². The van der Waals surface area contributed by atoms with Gasteiger partial charge in [-0.05, 0) is 38.1 Å². The molecule has 0 spiro atoms. The topological polar surface area (TPSA) is 86.2 Å². The van der Waals surface area contributed by atoms with Gasteiger partial charge in [-0.3, -0.25) is 9.36 Å². The first kappa shape index (κ1) is 16.1. The number of ether oxygens (including phenoxy) is 2. The Kier molecular flexibility index (Phi) is 4.26. The van der Waals surface area contributed by atoms with Crippen LogP contribution in [0.2, 0.25) is 5.02 Å². The van der Waals surface area contributed by atoms with Gasteiger partial charge < -0.3 is 14.5 Å². The molecule has 0 amide bonds. The van der Waals surface area contributed by atoms with Gasteiger partial charge in [0.1, 0.15) is 0 Å². The van der Waals surface area contributed by atoms with Crippen LogP contribution >= 0.6 is 11.6 Å². The number of aromatic nitrogens is 3. The number of aromatic amines is 1. The molecule has 2 aromatic heterocycles. The molecule has 0 bridgehead atoms. The molecule has 7 nitrogen and oxygen atoms in total. The number of carbonyl (C=O) groups is 1. The Labute approximate surface area is 141 Å². The van der Waals surface area contributed by atoms with Crippen LogP contribution in [0.4, 0.5) is 4.79 Å². The molecule has 0 aliphatic heterocycles. The van der Waals surface area contributed by atoms with E-state index in [1.54, 1.807) is 42.7 Å². The van der Waals surface area contributed by atoms with Crippen LogP contribution in [0, 0.1) is 6.92 Å². The Morgan fingerprint density at radius 3 is 2.71 bits per heavy atom. The van der Waals surface area contributed by atoms with Crippen molar-refractivity contribution in [1.29, 1.82) is 0 Å². The molecule has 0 unspecified atom stereocenters. The molecule has 2 heterocycles. The van der Waals surface area contributed by atoms with Crippen LogP contribution < -0.4 is 10.3 Å². The number of hydrogen-bond donors (Lipinski definition) is 1. The van der Waals surface area contributed by atoms with Crippen molar-refractivity contribution >= 4 is 28.8 Å². The average Bonchev–Trinajstić information content (AvgIpc) is 2.82. The van der Waals surface area contributed by atoms with E-state index in [2.05, 4.69) is 9.97 Å². The molecule has 3 aromatic rings. The number of nitrogens with zero attached hydrogens (tertiary/aromatic N) is 2. The lowest BCUT2D eigenvalue weighted by atomic mass is 10.3. The second-order valence-electron chi connectivity index (χ2n) is 4.96. The van der Waals surface area contributed by atoms with E-state index in [4.69, 9.17) is 21.1 Å². The van der Waals surface area contributed by atoms with Crippen molar-refractivity contribution in [1.82, 2.24) is 14.5 Å². The van der Waals surface area contributed by atoms with Crippen molar-refractivity contribution in [3.05, 3.63) is 51.5 Å². The third kappa shape index (κ3) is 2.74. The summed E-state index contributed by atoms with van der Waals surface area (Å²) in [4.78, 5) is 30.7. The van der Waals surface area contributed by atoms with Crippen molar-refractivity contribution in [2.24, 2.45) is 0 Å². The molecule has 1 N–H and O–H groups in total. The highest BCUT2D eigenvalue weighted by molar-refractivity contribution is 6.30. The average molecular weight is 348 g/mol. The summed E-state index contributed by atoms with van der Waals surface area (Å²) in [6, 6.07) is 6.86. The normalized spacial score (nSPS) is 10.8. The molecule has 124 valence electrons. The second-order valence-corrected chi connectivity index (χ2v) is 5.39. The van der Waals surface area contributed by atoms with E-state index in [1.165, 1.54) is 6.33 Å². The zero-order valence-corrected chi connectivity index (χ0v) is 13.8. The molecule has 24 heavy (non-hydrogen) atoms. The minimum atomic E-state index is -0.852. The van der Waals surface area contributed by atoms with E-state index in [-0.39, 0.29) is 18.0 Å². The third-order valence-corrected chi connectivity index (χ3v) is 3.72. The van der Waals surface area contributed by atoms with Crippen molar-refractivity contribution in [2.45, 2.75) is 13.8 Å². The van der Waals surface area contributed by atoms with Gasteiger partial charge in [-0.25, -0.2) is 9.78 Å². The standard InChI is InChI=1S/C16H14ClN3O4/c1-3-23-16(22)24-15-9(2)12-13(18-8-19-14(12)21)20(15)11-6-4-10(17)5-7-11/h4-8H,3H2,1-2H3,(H,18,19,21). The fourth-order valence-electron chi connectivity index (χ4n) is 2.45. The molecule has 3 rings (SSSR count). The van der Waals surface area contributed by atoms with Gasteiger partial charge in [-0.1, -0.05) is 11.6 Å². The Morgan fingerprint density at radius 2 is 2.04 bits per heavy atom. The summed E-state index contributed by atoms with van der Waals surface area (Å²) in [5.74, 6) is 0.176. The molecule has 0 radical (unpaired) electrons. The van der Waals surface area contributed by atoms with Crippen LogP contribution in [-0.4, -0.2) is 27.3 Å². The van der Waals surface area contributed by atoms with Crippen molar-refractivity contribution in [2.75, 3.05) is 6.61 Å². The first-order chi connectivity index (χ1) is 11.5. The Balaban J connectivity index is 2.28. The number of benzene rings is 1. The summed E-state index contributed by atoms with van der Waals surface area (Å²) in [5.41, 5.74) is 1.19. The van der Waals surface area contributed by atoms with E-state index in [0.717, 1.165) is 0 Å². The highest BCUT2D eigenvalue weighted by atomic mass is 35.5. The van der Waals surface area contributed by atoms with Gasteiger partial charge in [0, 0.05) is 10.6 Å². The number of carbonyl (C=O) groups excluding carboxylic acids is 1. The second kappa shape index (κ2) is 6.37. The quantitative estimate of drug-likeness (QED) is 0.735. The Bertz CT molecular complexity index is 960. The lowest BCUT2D eigenvalue weighted by Gasteiger charge is -2.10. The molecule has 0 aliphatic carbocycles. The first-order valence-electron chi connectivity index (χ1n) is 7.22. The highest BCUT2D eigenvalue weighted by Crippen LogP contribution is 2.32. The molecule has 0 saturated heterocycles. The van der Waals surface area contributed by atoms with Crippen LogP contribution in [0.25, 0.3) is 16.7 Å². The summed E-state index contributed by atoms with van der Waals surface area (Å²) in [6.45, 7) is 3.53. The van der Waals surface area contributed by atoms with Gasteiger partial charge in [0.25, 0.3) is 5.56 Å². The van der Waals surface area contributed by atoms with Gasteiger partial charge in [-0.2, -0.15) is 0 Å². The molecule has 0 fully saturated rings. The zero-order valence-electron chi connectivity index (χ0n) is 13.0. The van der Waals surface area contributed by atoms with E-state index in [0.29, 0.717) is 27.3 Å². The van der Waals surface area contributed by atoms with Crippen LogP contribution in [0.15, 0.2) is 35.4 Å². The van der Waals surface area contributed by atoms with Gasteiger partial charge in [0.15, 0.2) is 5.65 Å². The maximum atomic E-state index is 12.2. The summed E-state index contributed by atoms with van der Waals surface area (Å²) < 4.78 is 11.7. The maximum Gasteiger partial charge on any atom is 0.515 e. The van der Waals surface area contributed by atoms with Crippen LogP contribution in [0.3, 0.4) is 0 Å². The van der Waals surface area contributed by atoms with E-state index < -0.39 is 6.16 Å². The fourth-order valence-corrected chi connectivity index (χ4v) is 2.57. The first-order valence-corrected chi connectivity index (χ1v) is 7.60. The molecule has 8 heteroatoms. The number of fused-ring (bicyclic) bond motifs is 1. The van der Waals surface area contributed by atoms with Crippen molar-refractivity contribution in [3.63, 3.8) is 0 Å². The lowest BCUT2D eigenvalue weighted by Crippen LogP contribution is -2.13. The molecular weight excluding hydrogens is 334 g/mol. The fraction of sp³-hybridized carbons (Fsp3) is 0.188. The Hall–Kier alpha value is -2.80. The van der Waals surface area contributed by atoms with Gasteiger partial charge in [0.05, 0.1) is 24.0 Å². The van der Waals surface area contributed by atoms with E-state index in [9.17, 15) is 9.59 Å². The van der Waals surface area contributed by atoms with Gasteiger partial charge in [-0.15, -0.1) is 0 Å². The number of hydrogen-bond acceptors (Lipinski definition) is 5. The zero-order chi connectivity index (χ0) is 17.3. The van der Waals surface area contributed by atoms with Crippen molar-refractivity contribution < 1.29 is 14.3 Å². The molecular formula is C16H14ClN3O4.